The van der Waals surface area contributed by atoms with Gasteiger partial charge in [-0.1, -0.05) is 61.7 Å². The van der Waals surface area contributed by atoms with Crippen molar-refractivity contribution in [3.05, 3.63) is 83.2 Å². The van der Waals surface area contributed by atoms with Crippen molar-refractivity contribution in [1.29, 1.82) is 0 Å². The number of aromatic nitrogens is 2. The number of carbonyl (C=O) groups is 1. The van der Waals surface area contributed by atoms with Gasteiger partial charge in [0.25, 0.3) is 0 Å². The predicted molar refractivity (Wildman–Crippen MR) is 144 cm³/mol. The monoisotopic (exact) mass is 477 g/mol. The van der Waals surface area contributed by atoms with Gasteiger partial charge in [0.1, 0.15) is 5.75 Å². The molecule has 5 nitrogen and oxygen atoms in total. The lowest BCUT2D eigenvalue weighted by molar-refractivity contribution is -0.115. The molecule has 3 aromatic carbocycles. The van der Waals surface area contributed by atoms with Crippen molar-refractivity contribution < 1.29 is 9.53 Å². The second kappa shape index (κ2) is 9.73. The van der Waals surface area contributed by atoms with Crippen LogP contribution >= 0.6 is 0 Å². The van der Waals surface area contributed by atoms with E-state index in [0.29, 0.717) is 18.2 Å². The maximum atomic E-state index is 13.2. The fraction of sp³-hybridized carbons (Fsp3) is 0.323. The third kappa shape index (κ3) is 4.46. The van der Waals surface area contributed by atoms with Gasteiger partial charge >= 0.3 is 0 Å². The number of anilines is 1. The van der Waals surface area contributed by atoms with Crippen LogP contribution in [0, 0.1) is 0 Å². The quantitative estimate of drug-likeness (QED) is 0.350. The van der Waals surface area contributed by atoms with Crippen LogP contribution in [0.15, 0.2) is 60.7 Å². The molecular formula is C31H31N3O2. The summed E-state index contributed by atoms with van der Waals surface area (Å²) in [5, 5.41) is 5.49. The second-order valence-corrected chi connectivity index (χ2v) is 10.0. The molecule has 1 aromatic heterocycles. The molecule has 5 heteroatoms. The van der Waals surface area contributed by atoms with E-state index in [9.17, 15) is 4.79 Å². The number of aryl methyl sites for hydroxylation is 2. The van der Waals surface area contributed by atoms with E-state index in [1.54, 1.807) is 7.11 Å². The van der Waals surface area contributed by atoms with Gasteiger partial charge in [0.05, 0.1) is 30.6 Å². The Kier molecular flexibility index (Phi) is 6.14. The van der Waals surface area contributed by atoms with E-state index in [-0.39, 0.29) is 5.91 Å². The van der Waals surface area contributed by atoms with Gasteiger partial charge in [0, 0.05) is 11.5 Å². The highest BCUT2D eigenvalue weighted by atomic mass is 16.5. The molecule has 0 radical (unpaired) electrons. The standard InChI is InChI=1S/C31H31N3O2/c1-36-25-14-15-26-24(19-25)13-16-27-30(26)34-29(22-8-3-2-4-9-22)31(32-27)33-28(35)18-20-11-12-21-7-5-6-10-23(21)17-20/h5-7,10-12,14-15,17,19,22H,2-4,8-9,13,16,18H2,1H3,(H,32,33,35). The van der Waals surface area contributed by atoms with Gasteiger partial charge in [0.15, 0.2) is 5.82 Å². The van der Waals surface area contributed by atoms with E-state index in [1.165, 1.54) is 30.2 Å². The lowest BCUT2D eigenvalue weighted by Crippen LogP contribution is -2.21. The van der Waals surface area contributed by atoms with Crippen molar-refractivity contribution in [1.82, 2.24) is 9.97 Å². The molecule has 0 saturated heterocycles. The van der Waals surface area contributed by atoms with Crippen LogP contribution in [0.1, 0.15) is 60.5 Å². The van der Waals surface area contributed by atoms with Crippen molar-refractivity contribution in [2.45, 2.75) is 57.3 Å². The van der Waals surface area contributed by atoms with Crippen molar-refractivity contribution in [3.8, 4) is 17.0 Å². The number of amides is 1. The van der Waals surface area contributed by atoms with Gasteiger partial charge in [-0.25, -0.2) is 9.97 Å². The van der Waals surface area contributed by atoms with Crippen molar-refractivity contribution in [3.63, 3.8) is 0 Å². The SMILES string of the molecule is COc1ccc2c(c1)CCc1nc(NC(=O)Cc3ccc4ccccc4c3)c(C3CCCCC3)nc1-2. The zero-order valence-corrected chi connectivity index (χ0v) is 20.7. The van der Waals surface area contributed by atoms with Gasteiger partial charge in [-0.15, -0.1) is 0 Å². The van der Waals surface area contributed by atoms with Crippen LogP contribution in [0.5, 0.6) is 5.75 Å². The zero-order valence-electron chi connectivity index (χ0n) is 20.7. The first kappa shape index (κ1) is 22.7. The smallest absolute Gasteiger partial charge is 0.229 e. The number of hydrogen-bond donors (Lipinski definition) is 1. The maximum absolute atomic E-state index is 13.2. The van der Waals surface area contributed by atoms with E-state index >= 15 is 0 Å². The van der Waals surface area contributed by atoms with Crippen LogP contribution in [-0.4, -0.2) is 23.0 Å². The summed E-state index contributed by atoms with van der Waals surface area (Å²) in [5.41, 5.74) is 6.26. The highest BCUT2D eigenvalue weighted by molar-refractivity contribution is 5.93. The first-order chi connectivity index (χ1) is 17.7. The molecule has 4 aromatic rings. The van der Waals surface area contributed by atoms with E-state index in [2.05, 4.69) is 41.7 Å². The topological polar surface area (TPSA) is 64.1 Å². The van der Waals surface area contributed by atoms with Crippen molar-refractivity contribution in [2.75, 3.05) is 12.4 Å². The number of fused-ring (bicyclic) bond motifs is 4. The van der Waals surface area contributed by atoms with Crippen LogP contribution in [-0.2, 0) is 24.1 Å². The Morgan fingerprint density at radius 3 is 2.61 bits per heavy atom. The Bertz CT molecular complexity index is 1440. The van der Waals surface area contributed by atoms with E-state index in [4.69, 9.17) is 14.7 Å². The molecule has 2 aliphatic rings. The van der Waals surface area contributed by atoms with Gasteiger partial charge in [0.2, 0.25) is 5.91 Å². The average Bonchev–Trinajstić information content (AvgIpc) is 2.92. The number of rotatable bonds is 5. The van der Waals surface area contributed by atoms with Gasteiger partial charge < -0.3 is 10.1 Å². The summed E-state index contributed by atoms with van der Waals surface area (Å²) in [5.74, 6) is 1.81. The van der Waals surface area contributed by atoms with Crippen LogP contribution < -0.4 is 10.1 Å². The predicted octanol–water partition coefficient (Wildman–Crippen LogP) is 6.63. The molecule has 2 aliphatic carbocycles. The normalized spacial score (nSPS) is 15.2. The molecule has 1 N–H and O–H groups in total. The molecule has 6 rings (SSSR count). The van der Waals surface area contributed by atoms with Crippen molar-refractivity contribution >= 4 is 22.5 Å². The van der Waals surface area contributed by atoms with Crippen LogP contribution in [0.4, 0.5) is 5.82 Å². The minimum Gasteiger partial charge on any atom is -0.497 e. The summed E-state index contributed by atoms with van der Waals surface area (Å²) in [6.07, 6.45) is 7.86. The van der Waals surface area contributed by atoms with Gasteiger partial charge in [-0.3, -0.25) is 4.79 Å². The molecule has 1 fully saturated rings. The molecule has 0 atom stereocenters. The fourth-order valence-electron chi connectivity index (χ4n) is 5.72. The molecule has 1 amide bonds. The highest BCUT2D eigenvalue weighted by Gasteiger charge is 2.27. The first-order valence-corrected chi connectivity index (χ1v) is 13.0. The minimum atomic E-state index is -0.0439. The summed E-state index contributed by atoms with van der Waals surface area (Å²) in [7, 11) is 1.70. The number of nitrogens with one attached hydrogen (secondary N) is 1. The average molecular weight is 478 g/mol. The summed E-state index contributed by atoms with van der Waals surface area (Å²) >= 11 is 0. The molecule has 0 bridgehead atoms. The van der Waals surface area contributed by atoms with E-state index in [1.807, 2.05) is 24.3 Å². The zero-order chi connectivity index (χ0) is 24.5. The molecular weight excluding hydrogens is 446 g/mol. The number of carbonyl (C=O) groups excluding carboxylic acids is 1. The Morgan fingerprint density at radius 2 is 1.78 bits per heavy atom. The fourth-order valence-corrected chi connectivity index (χ4v) is 5.72. The Balaban J connectivity index is 1.32. The Hall–Kier alpha value is -3.73. The van der Waals surface area contributed by atoms with Crippen LogP contribution in [0.3, 0.4) is 0 Å². The second-order valence-electron chi connectivity index (χ2n) is 10.0. The largest absolute Gasteiger partial charge is 0.497 e. The number of ether oxygens (including phenoxy) is 1. The summed E-state index contributed by atoms with van der Waals surface area (Å²) in [6, 6.07) is 20.7. The Morgan fingerprint density at radius 1 is 0.944 bits per heavy atom. The van der Waals surface area contributed by atoms with E-state index < -0.39 is 0 Å². The number of hydrogen-bond acceptors (Lipinski definition) is 4. The Labute approximate surface area is 211 Å². The highest BCUT2D eigenvalue weighted by Crippen LogP contribution is 2.39. The molecule has 36 heavy (non-hydrogen) atoms. The minimum absolute atomic E-state index is 0.0439. The molecule has 1 saturated carbocycles. The molecule has 182 valence electrons. The van der Waals surface area contributed by atoms with Crippen molar-refractivity contribution in [2.24, 2.45) is 0 Å². The van der Waals surface area contributed by atoms with Gasteiger partial charge in [-0.05, 0) is 65.8 Å². The molecule has 0 spiro atoms. The summed E-state index contributed by atoms with van der Waals surface area (Å²) in [4.78, 5) is 23.4. The first-order valence-electron chi connectivity index (χ1n) is 13.0. The van der Waals surface area contributed by atoms with Crippen LogP contribution in [0.2, 0.25) is 0 Å². The lowest BCUT2D eigenvalue weighted by Gasteiger charge is -2.26. The molecule has 0 aliphatic heterocycles. The maximum Gasteiger partial charge on any atom is 0.229 e. The van der Waals surface area contributed by atoms with E-state index in [0.717, 1.165) is 65.0 Å². The lowest BCUT2D eigenvalue weighted by atomic mass is 9.85. The molecule has 0 unspecified atom stereocenters. The molecule has 1 heterocycles. The number of nitrogens with zero attached hydrogens (tertiary/aromatic N) is 2. The third-order valence-electron chi connectivity index (χ3n) is 7.62. The van der Waals surface area contributed by atoms with Gasteiger partial charge in [-0.2, -0.15) is 0 Å². The van der Waals surface area contributed by atoms with Crippen LogP contribution in [0.25, 0.3) is 22.0 Å². The summed E-state index contributed by atoms with van der Waals surface area (Å²) in [6.45, 7) is 0. The summed E-state index contributed by atoms with van der Waals surface area (Å²) < 4.78 is 5.44. The number of benzene rings is 3. The number of methoxy groups -OCH3 is 1. The third-order valence-corrected chi connectivity index (χ3v) is 7.62.